The molecule has 0 spiro atoms. The number of carbonyl (C=O) groups excluding carboxylic acids is 1. The Morgan fingerprint density at radius 2 is 1.91 bits per heavy atom. The minimum atomic E-state index is -0.208. The summed E-state index contributed by atoms with van der Waals surface area (Å²) in [5.74, 6) is 2.32. The lowest BCUT2D eigenvalue weighted by molar-refractivity contribution is -0.124. The highest BCUT2D eigenvalue weighted by molar-refractivity contribution is 5.97. The number of nitrogens with zero attached hydrogens (tertiary/aromatic N) is 6. The molecule has 2 atom stereocenters. The molecule has 44 heavy (non-hydrogen) atoms. The van der Waals surface area contributed by atoms with Crippen molar-refractivity contribution in [3.8, 4) is 12.1 Å². The van der Waals surface area contributed by atoms with Crippen molar-refractivity contribution in [1.82, 2.24) is 14.9 Å². The molecular weight excluding hydrogens is 552 g/mol. The molecule has 2 fully saturated rings. The molecule has 226 valence electrons. The average molecular weight is 591 g/mol. The highest BCUT2D eigenvalue weighted by atomic mass is 16.5. The van der Waals surface area contributed by atoms with Crippen molar-refractivity contribution in [2.75, 3.05) is 42.6 Å². The van der Waals surface area contributed by atoms with Crippen LogP contribution in [0.4, 0.5) is 11.5 Å². The smallest absolute Gasteiger partial charge is 0.318 e. The molecule has 9 heteroatoms. The second kappa shape index (κ2) is 11.9. The zero-order chi connectivity index (χ0) is 30.2. The Balaban J connectivity index is 1.18. The minimum Gasteiger partial charge on any atom is -0.461 e. The molecule has 0 radical (unpaired) electrons. The molecule has 1 aromatic heterocycles. The third-order valence-electron chi connectivity index (χ3n) is 9.51. The van der Waals surface area contributed by atoms with E-state index in [0.717, 1.165) is 41.9 Å². The van der Waals surface area contributed by atoms with E-state index in [1.54, 1.807) is 4.90 Å². The van der Waals surface area contributed by atoms with Crippen molar-refractivity contribution in [2.24, 2.45) is 11.8 Å². The Morgan fingerprint density at radius 1 is 1.09 bits per heavy atom. The topological polar surface area (TPSA) is 94.8 Å². The van der Waals surface area contributed by atoms with Gasteiger partial charge < -0.3 is 24.2 Å². The summed E-state index contributed by atoms with van der Waals surface area (Å²) in [6.07, 6.45) is 8.09. The molecule has 0 saturated heterocycles. The molecule has 2 aromatic carbocycles. The highest BCUT2D eigenvalue weighted by Crippen LogP contribution is 2.52. The summed E-state index contributed by atoms with van der Waals surface area (Å²) in [6.45, 7) is 9.10. The van der Waals surface area contributed by atoms with E-state index in [-0.39, 0.29) is 12.3 Å². The van der Waals surface area contributed by atoms with Crippen LogP contribution >= 0.6 is 0 Å². The zero-order valence-corrected chi connectivity index (χ0v) is 25.2. The Morgan fingerprint density at radius 3 is 2.70 bits per heavy atom. The van der Waals surface area contributed by atoms with Crippen LogP contribution in [0.3, 0.4) is 0 Å². The monoisotopic (exact) mass is 590 g/mol. The van der Waals surface area contributed by atoms with Gasteiger partial charge in [0.25, 0.3) is 0 Å². The van der Waals surface area contributed by atoms with Gasteiger partial charge in [-0.2, -0.15) is 15.2 Å². The summed E-state index contributed by atoms with van der Waals surface area (Å²) < 4.78 is 12.3. The van der Waals surface area contributed by atoms with Crippen LogP contribution in [-0.2, 0) is 22.5 Å². The summed E-state index contributed by atoms with van der Waals surface area (Å²) in [7, 11) is 0. The lowest BCUT2D eigenvalue weighted by Crippen LogP contribution is -2.42. The normalized spacial score (nSPS) is 22.2. The molecule has 3 heterocycles. The van der Waals surface area contributed by atoms with Gasteiger partial charge in [0.05, 0.1) is 43.1 Å². The van der Waals surface area contributed by atoms with Gasteiger partial charge >= 0.3 is 6.01 Å². The van der Waals surface area contributed by atoms with Gasteiger partial charge in [0.1, 0.15) is 12.4 Å². The molecule has 1 amide bonds. The van der Waals surface area contributed by atoms with Gasteiger partial charge in [-0.25, -0.2) is 0 Å². The highest BCUT2D eigenvalue weighted by Gasteiger charge is 2.46. The predicted octanol–water partition coefficient (Wildman–Crippen LogP) is 5.28. The molecule has 2 aliphatic carbocycles. The lowest BCUT2D eigenvalue weighted by Gasteiger charge is -2.36. The van der Waals surface area contributed by atoms with Crippen LogP contribution in [0, 0.1) is 30.1 Å². The Hall–Kier alpha value is -4.42. The van der Waals surface area contributed by atoms with E-state index < -0.39 is 0 Å². The van der Waals surface area contributed by atoms with Crippen molar-refractivity contribution in [1.29, 1.82) is 5.26 Å². The number of ether oxygens (including phenoxy) is 2. The average Bonchev–Trinajstić information content (AvgIpc) is 3.66. The molecule has 0 N–H and O–H groups in total. The zero-order valence-electron chi connectivity index (χ0n) is 25.2. The Bertz CT molecular complexity index is 1660. The molecule has 2 saturated carbocycles. The van der Waals surface area contributed by atoms with Crippen molar-refractivity contribution in [3.63, 3.8) is 0 Å². The van der Waals surface area contributed by atoms with Crippen LogP contribution in [0.25, 0.3) is 10.8 Å². The van der Waals surface area contributed by atoms with E-state index in [0.29, 0.717) is 50.7 Å². The number of benzene rings is 2. The van der Waals surface area contributed by atoms with E-state index in [2.05, 4.69) is 60.9 Å². The van der Waals surface area contributed by atoms with Crippen LogP contribution in [0.5, 0.6) is 6.01 Å². The first-order chi connectivity index (χ1) is 21.5. The van der Waals surface area contributed by atoms with Crippen molar-refractivity contribution >= 4 is 28.2 Å². The number of anilines is 2. The number of hydrogen-bond acceptors (Lipinski definition) is 8. The molecule has 0 bridgehead atoms. The van der Waals surface area contributed by atoms with Crippen molar-refractivity contribution < 1.29 is 14.3 Å². The quantitative estimate of drug-likeness (QED) is 0.245. The molecule has 2 unspecified atom stereocenters. The standard InChI is InChI=1S/C35H38N6O3/c1-3-32(42)41-15-14-40(21-27(41)10-12-36)34-29-11-13-39(31-9-5-8-24-7-4-6-23(2)33(24)31)22-30(29)37-35(38-34)44-17-16-43-28-19-25-18-26(25)20-28/h3-9,21,25-26,28H,1,10-11,13-20,22H2,2H3. The van der Waals surface area contributed by atoms with Crippen LogP contribution in [0.1, 0.15) is 42.5 Å². The summed E-state index contributed by atoms with van der Waals surface area (Å²) in [6, 6.07) is 15.4. The van der Waals surface area contributed by atoms with E-state index in [4.69, 9.17) is 19.4 Å². The van der Waals surface area contributed by atoms with Gasteiger partial charge in [-0.15, -0.1) is 0 Å². The van der Waals surface area contributed by atoms with Gasteiger partial charge in [0.15, 0.2) is 0 Å². The third kappa shape index (κ3) is 5.50. The van der Waals surface area contributed by atoms with Crippen LogP contribution in [0.15, 0.2) is 61.0 Å². The summed E-state index contributed by atoms with van der Waals surface area (Å²) in [5, 5.41) is 12.0. The van der Waals surface area contributed by atoms with E-state index in [1.807, 2.05) is 11.1 Å². The maximum atomic E-state index is 12.5. The molecular formula is C35H38N6O3. The summed E-state index contributed by atoms with van der Waals surface area (Å²) in [5.41, 5.74) is 5.08. The van der Waals surface area contributed by atoms with E-state index in [9.17, 15) is 10.1 Å². The van der Waals surface area contributed by atoms with Gasteiger partial charge in [-0.3, -0.25) is 4.79 Å². The first-order valence-electron chi connectivity index (χ1n) is 15.7. The van der Waals surface area contributed by atoms with Crippen molar-refractivity contribution in [2.45, 2.75) is 51.7 Å². The maximum absolute atomic E-state index is 12.5. The number of amides is 1. The second-order valence-electron chi connectivity index (χ2n) is 12.3. The molecule has 2 aliphatic heterocycles. The Kier molecular flexibility index (Phi) is 7.69. The molecule has 7 rings (SSSR count). The largest absolute Gasteiger partial charge is 0.461 e. The van der Waals surface area contributed by atoms with E-state index >= 15 is 0 Å². The van der Waals surface area contributed by atoms with E-state index in [1.165, 1.54) is 47.4 Å². The van der Waals surface area contributed by atoms with Gasteiger partial charge in [-0.1, -0.05) is 36.9 Å². The number of nitriles is 1. The van der Waals surface area contributed by atoms with Crippen LogP contribution < -0.4 is 14.5 Å². The first kappa shape index (κ1) is 28.4. The molecule has 4 aliphatic rings. The predicted molar refractivity (Wildman–Crippen MR) is 169 cm³/mol. The van der Waals surface area contributed by atoms with Crippen LogP contribution in [0.2, 0.25) is 0 Å². The van der Waals surface area contributed by atoms with Gasteiger partial charge in [0, 0.05) is 42.5 Å². The number of aryl methyl sites for hydroxylation is 1. The number of rotatable bonds is 9. The number of aromatic nitrogens is 2. The van der Waals surface area contributed by atoms with Crippen LogP contribution in [-0.4, -0.2) is 59.7 Å². The number of fused-ring (bicyclic) bond motifs is 3. The summed E-state index contributed by atoms with van der Waals surface area (Å²) >= 11 is 0. The fourth-order valence-electron chi connectivity index (χ4n) is 7.22. The van der Waals surface area contributed by atoms with Gasteiger partial charge in [0.2, 0.25) is 5.91 Å². The lowest BCUT2D eigenvalue weighted by atomic mass is 9.99. The molecule has 9 nitrogen and oxygen atoms in total. The van der Waals surface area contributed by atoms with Gasteiger partial charge in [-0.05, 0) is 67.5 Å². The number of allylic oxidation sites excluding steroid dienone is 1. The number of carbonyl (C=O) groups is 1. The SMILES string of the molecule is C=CC(=O)N1CCN(c2nc(OCCOC3CC4CC4C3)nc3c2CCN(c2cccc4cccc(C)c24)C3)C=C1CC#N. The van der Waals surface area contributed by atoms with Crippen molar-refractivity contribution in [3.05, 3.63) is 77.8 Å². The minimum absolute atomic E-state index is 0.112. The molecule has 3 aromatic rings. The Labute approximate surface area is 258 Å². The summed E-state index contributed by atoms with van der Waals surface area (Å²) in [4.78, 5) is 28.4. The maximum Gasteiger partial charge on any atom is 0.318 e. The number of hydrogen-bond donors (Lipinski definition) is 0. The first-order valence-corrected chi connectivity index (χ1v) is 15.7. The second-order valence-corrected chi connectivity index (χ2v) is 12.3. The fraction of sp³-hybridized carbons (Fsp3) is 0.429. The third-order valence-corrected chi connectivity index (χ3v) is 9.51. The fourth-order valence-corrected chi connectivity index (χ4v) is 7.22.